The first-order chi connectivity index (χ1) is 15.8. The van der Waals surface area contributed by atoms with Crippen molar-refractivity contribution in [3.05, 3.63) is 58.2 Å². The van der Waals surface area contributed by atoms with Gasteiger partial charge < -0.3 is 9.64 Å². The molecule has 1 fully saturated rings. The molecule has 0 amide bonds. The zero-order valence-electron chi connectivity index (χ0n) is 17.9. The molecule has 0 radical (unpaired) electrons. The van der Waals surface area contributed by atoms with Crippen LogP contribution in [-0.4, -0.2) is 61.4 Å². The summed E-state index contributed by atoms with van der Waals surface area (Å²) in [6.45, 7) is 3.26. The maximum Gasteiger partial charge on any atom is 0.360 e. The van der Waals surface area contributed by atoms with E-state index in [2.05, 4.69) is 9.97 Å². The van der Waals surface area contributed by atoms with Gasteiger partial charge in [0.15, 0.2) is 11.5 Å². The van der Waals surface area contributed by atoms with Crippen molar-refractivity contribution in [2.45, 2.75) is 18.2 Å². The van der Waals surface area contributed by atoms with Crippen LogP contribution in [0.15, 0.2) is 47.4 Å². The van der Waals surface area contributed by atoms with Crippen LogP contribution >= 0.6 is 23.2 Å². The van der Waals surface area contributed by atoms with E-state index in [1.807, 2.05) is 23.1 Å². The highest BCUT2D eigenvalue weighted by molar-refractivity contribution is 7.89. The number of para-hydroxylation sites is 2. The highest BCUT2D eigenvalue weighted by Gasteiger charge is 2.30. The average molecular weight is 509 g/mol. The fraction of sp³-hybridized carbons (Fsp3) is 0.318. The minimum atomic E-state index is -3.80. The Kier molecular flexibility index (Phi) is 7.04. The molecule has 0 atom stereocenters. The summed E-state index contributed by atoms with van der Waals surface area (Å²) in [5.74, 6) is -0.176. The summed E-state index contributed by atoms with van der Waals surface area (Å²) in [6, 6.07) is 11.5. The third kappa shape index (κ3) is 5.06. The molecule has 1 aliphatic heterocycles. The van der Waals surface area contributed by atoms with Crippen LogP contribution in [0.5, 0.6) is 0 Å². The molecule has 0 N–H and O–H groups in total. The third-order valence-electron chi connectivity index (χ3n) is 5.25. The van der Waals surface area contributed by atoms with Gasteiger partial charge in [-0.25, -0.2) is 23.2 Å². The lowest BCUT2D eigenvalue weighted by molar-refractivity contribution is 0.0520. The number of fused-ring (bicyclic) bond motifs is 1. The monoisotopic (exact) mass is 508 g/mol. The summed E-state index contributed by atoms with van der Waals surface area (Å²) >= 11 is 12.0. The second-order valence-electron chi connectivity index (χ2n) is 7.45. The number of nitrogens with zero attached hydrogens (tertiary/aromatic N) is 4. The summed E-state index contributed by atoms with van der Waals surface area (Å²) in [7, 11) is -3.80. The van der Waals surface area contributed by atoms with E-state index in [1.165, 1.54) is 22.5 Å². The number of anilines is 1. The number of carbonyl (C=O) groups is 1. The lowest BCUT2D eigenvalue weighted by Gasteiger charge is -2.24. The third-order valence-corrected chi connectivity index (χ3v) is 7.56. The Bertz CT molecular complexity index is 1280. The lowest BCUT2D eigenvalue weighted by atomic mass is 10.2. The average Bonchev–Trinajstić information content (AvgIpc) is 3.04. The Morgan fingerprint density at radius 3 is 2.33 bits per heavy atom. The van der Waals surface area contributed by atoms with Gasteiger partial charge >= 0.3 is 5.97 Å². The number of halogens is 2. The molecule has 1 aromatic heterocycles. The van der Waals surface area contributed by atoms with Gasteiger partial charge in [0, 0.05) is 36.2 Å². The lowest BCUT2D eigenvalue weighted by Crippen LogP contribution is -2.36. The molecule has 174 valence electrons. The summed E-state index contributed by atoms with van der Waals surface area (Å²) in [5.41, 5.74) is 1.34. The molecule has 11 heteroatoms. The molecule has 0 aliphatic carbocycles. The minimum absolute atomic E-state index is 0.0474. The second-order valence-corrected chi connectivity index (χ2v) is 10.3. The number of hydrogen-bond acceptors (Lipinski definition) is 7. The number of rotatable bonds is 5. The van der Waals surface area contributed by atoms with Crippen molar-refractivity contribution < 1.29 is 17.9 Å². The van der Waals surface area contributed by atoms with E-state index in [4.69, 9.17) is 27.9 Å². The van der Waals surface area contributed by atoms with Gasteiger partial charge in [-0.05, 0) is 43.7 Å². The first kappa shape index (κ1) is 23.7. The zero-order chi connectivity index (χ0) is 23.6. The summed E-state index contributed by atoms with van der Waals surface area (Å²) in [6.07, 6.45) is 0.532. The molecular formula is C22H22Cl2N4O4S. The molecule has 0 bridgehead atoms. The number of esters is 1. The first-order valence-electron chi connectivity index (χ1n) is 10.4. The first-order valence-corrected chi connectivity index (χ1v) is 12.6. The smallest absolute Gasteiger partial charge is 0.360 e. The van der Waals surface area contributed by atoms with Crippen LogP contribution in [0.1, 0.15) is 23.8 Å². The van der Waals surface area contributed by atoms with Gasteiger partial charge in [-0.2, -0.15) is 4.31 Å². The van der Waals surface area contributed by atoms with Crippen LogP contribution in [0.3, 0.4) is 0 Å². The van der Waals surface area contributed by atoms with Crippen LogP contribution in [0.25, 0.3) is 11.0 Å². The van der Waals surface area contributed by atoms with E-state index in [-0.39, 0.29) is 33.8 Å². The van der Waals surface area contributed by atoms with E-state index in [0.29, 0.717) is 42.9 Å². The summed E-state index contributed by atoms with van der Waals surface area (Å²) in [5, 5.41) is 0.506. The molecular weight excluding hydrogens is 487 g/mol. The number of benzene rings is 2. The molecule has 2 heterocycles. The standard InChI is InChI=1S/C22H22Cl2N4O4S/c1-2-32-22(29)20-21(26-19-7-4-3-6-18(19)25-20)27-8-5-9-28(11-10-27)33(30,31)17-13-15(23)12-16(24)14-17/h3-4,6-7,12-14H,2,5,8-11H2,1H3. The zero-order valence-corrected chi connectivity index (χ0v) is 20.2. The highest BCUT2D eigenvalue weighted by atomic mass is 35.5. The Balaban J connectivity index is 1.65. The quantitative estimate of drug-likeness (QED) is 0.480. The van der Waals surface area contributed by atoms with Crippen molar-refractivity contribution in [2.24, 2.45) is 0 Å². The predicted octanol–water partition coefficient (Wildman–Crippen LogP) is 4.01. The van der Waals surface area contributed by atoms with Gasteiger partial charge in [0.05, 0.1) is 22.5 Å². The maximum atomic E-state index is 13.2. The van der Waals surface area contributed by atoms with Gasteiger partial charge in [-0.3, -0.25) is 0 Å². The van der Waals surface area contributed by atoms with E-state index in [9.17, 15) is 13.2 Å². The van der Waals surface area contributed by atoms with Crippen LogP contribution in [0.2, 0.25) is 10.0 Å². The Hall–Kier alpha value is -2.46. The Morgan fingerprint density at radius 2 is 1.67 bits per heavy atom. The van der Waals surface area contributed by atoms with Crippen molar-refractivity contribution >= 4 is 56.0 Å². The van der Waals surface area contributed by atoms with E-state index in [1.54, 1.807) is 13.0 Å². The van der Waals surface area contributed by atoms with Gasteiger partial charge in [-0.1, -0.05) is 35.3 Å². The SMILES string of the molecule is CCOC(=O)c1nc2ccccc2nc1N1CCCN(S(=O)(=O)c2cc(Cl)cc(Cl)c2)CC1. The predicted molar refractivity (Wildman–Crippen MR) is 128 cm³/mol. The molecule has 1 saturated heterocycles. The fourth-order valence-corrected chi connectivity index (χ4v) is 5.92. The molecule has 0 spiro atoms. The van der Waals surface area contributed by atoms with Crippen LogP contribution < -0.4 is 4.90 Å². The van der Waals surface area contributed by atoms with E-state index in [0.717, 1.165) is 0 Å². The molecule has 1 aliphatic rings. The van der Waals surface area contributed by atoms with Crippen LogP contribution in [0, 0.1) is 0 Å². The van der Waals surface area contributed by atoms with Gasteiger partial charge in [0.25, 0.3) is 0 Å². The normalized spacial score (nSPS) is 15.4. The van der Waals surface area contributed by atoms with Gasteiger partial charge in [0.2, 0.25) is 10.0 Å². The molecule has 4 rings (SSSR count). The van der Waals surface area contributed by atoms with Crippen molar-refractivity contribution in [1.29, 1.82) is 0 Å². The molecule has 0 saturated carbocycles. The number of ether oxygens (including phenoxy) is 1. The molecule has 8 nitrogen and oxygen atoms in total. The topological polar surface area (TPSA) is 92.7 Å². The Morgan fingerprint density at radius 1 is 1.00 bits per heavy atom. The maximum absolute atomic E-state index is 13.2. The summed E-state index contributed by atoms with van der Waals surface area (Å²) < 4.78 is 33.0. The largest absolute Gasteiger partial charge is 0.461 e. The molecule has 0 unspecified atom stereocenters. The molecule has 2 aromatic carbocycles. The minimum Gasteiger partial charge on any atom is -0.461 e. The van der Waals surface area contributed by atoms with Crippen LogP contribution in [-0.2, 0) is 14.8 Å². The van der Waals surface area contributed by atoms with Gasteiger partial charge in [-0.15, -0.1) is 0 Å². The molecule has 3 aromatic rings. The van der Waals surface area contributed by atoms with Crippen molar-refractivity contribution in [3.8, 4) is 0 Å². The van der Waals surface area contributed by atoms with Crippen molar-refractivity contribution in [2.75, 3.05) is 37.7 Å². The number of hydrogen-bond donors (Lipinski definition) is 0. The second kappa shape index (κ2) is 9.80. The van der Waals surface area contributed by atoms with Gasteiger partial charge in [0.1, 0.15) is 0 Å². The number of aromatic nitrogens is 2. The highest BCUT2D eigenvalue weighted by Crippen LogP contribution is 2.27. The Labute approximate surface area is 202 Å². The van der Waals surface area contributed by atoms with Crippen LogP contribution in [0.4, 0.5) is 5.82 Å². The summed E-state index contributed by atoms with van der Waals surface area (Å²) in [4.78, 5) is 23.7. The van der Waals surface area contributed by atoms with Crippen molar-refractivity contribution in [1.82, 2.24) is 14.3 Å². The molecule has 33 heavy (non-hydrogen) atoms. The number of carbonyl (C=O) groups excluding carboxylic acids is 1. The fourth-order valence-electron chi connectivity index (χ4n) is 3.72. The van der Waals surface area contributed by atoms with Crippen molar-refractivity contribution in [3.63, 3.8) is 0 Å². The van der Waals surface area contributed by atoms with E-state index >= 15 is 0 Å². The van der Waals surface area contributed by atoms with E-state index < -0.39 is 16.0 Å². The number of sulfonamides is 1.